The monoisotopic (exact) mass is 489 g/mol. The Hall–Kier alpha value is -5.24. The molecule has 0 aliphatic rings. The molecule has 0 unspecified atom stereocenters. The molecule has 2 aromatic heterocycles. The normalized spacial score (nSPS) is 10.5. The number of methoxy groups -OCH3 is 1. The molecule has 0 atom stereocenters. The van der Waals surface area contributed by atoms with E-state index < -0.39 is 5.97 Å². The molecule has 8 nitrogen and oxygen atoms in total. The molecule has 5 rings (SSSR count). The predicted molar refractivity (Wildman–Crippen MR) is 145 cm³/mol. The number of anilines is 5. The van der Waals surface area contributed by atoms with E-state index >= 15 is 0 Å². The fraction of sp³-hybridized carbons (Fsp3) is 0.0345. The Morgan fingerprint density at radius 2 is 1.46 bits per heavy atom. The Morgan fingerprint density at radius 1 is 0.730 bits per heavy atom. The van der Waals surface area contributed by atoms with Gasteiger partial charge in [-0.2, -0.15) is 0 Å². The summed E-state index contributed by atoms with van der Waals surface area (Å²) < 4.78 is 4.82. The molecule has 8 heteroatoms. The van der Waals surface area contributed by atoms with Gasteiger partial charge >= 0.3 is 5.97 Å². The molecule has 0 spiro atoms. The largest absolute Gasteiger partial charge is 0.465 e. The number of hydrogen-bond donors (Lipinski definition) is 3. The van der Waals surface area contributed by atoms with E-state index in [2.05, 4.69) is 25.9 Å². The average molecular weight is 490 g/mol. The van der Waals surface area contributed by atoms with Crippen LogP contribution in [0.5, 0.6) is 0 Å². The number of para-hydroxylation sites is 1. The number of aromatic nitrogens is 2. The van der Waals surface area contributed by atoms with Gasteiger partial charge < -0.3 is 20.7 Å². The number of pyridine rings is 2. The van der Waals surface area contributed by atoms with E-state index in [4.69, 9.17) is 4.74 Å². The number of hydrogen-bond acceptors (Lipinski definition) is 7. The molecule has 1 amide bonds. The maximum Gasteiger partial charge on any atom is 0.337 e. The van der Waals surface area contributed by atoms with Crippen LogP contribution in [0.2, 0.25) is 0 Å². The van der Waals surface area contributed by atoms with Gasteiger partial charge in [0.05, 0.1) is 29.4 Å². The molecule has 2 heterocycles. The SMILES string of the molecule is COC(=O)c1ccc2nccc(Nc3ccc(C(=O)Nc4ccc(Nc5ccccc5)cc4)cn3)c2c1. The number of rotatable bonds is 7. The Bertz CT molecular complexity index is 1550. The number of nitrogens with zero attached hydrogens (tertiary/aromatic N) is 2. The fourth-order valence-corrected chi connectivity index (χ4v) is 3.77. The lowest BCUT2D eigenvalue weighted by atomic mass is 10.1. The molecule has 5 aromatic rings. The van der Waals surface area contributed by atoms with Crippen molar-refractivity contribution < 1.29 is 14.3 Å². The summed E-state index contributed by atoms with van der Waals surface area (Å²) in [5.74, 6) is -0.143. The maximum atomic E-state index is 12.7. The van der Waals surface area contributed by atoms with Crippen LogP contribution in [0.25, 0.3) is 10.9 Å². The highest BCUT2D eigenvalue weighted by atomic mass is 16.5. The second kappa shape index (κ2) is 10.6. The minimum atomic E-state index is -0.424. The summed E-state index contributed by atoms with van der Waals surface area (Å²) in [4.78, 5) is 33.4. The van der Waals surface area contributed by atoms with Gasteiger partial charge in [-0.05, 0) is 72.8 Å². The van der Waals surface area contributed by atoms with Crippen LogP contribution in [0.4, 0.5) is 28.6 Å². The third-order valence-corrected chi connectivity index (χ3v) is 5.66. The topological polar surface area (TPSA) is 105 Å². The Kier molecular flexibility index (Phi) is 6.72. The Labute approximate surface area is 213 Å². The molecule has 0 fully saturated rings. The summed E-state index contributed by atoms with van der Waals surface area (Å²) in [5.41, 5.74) is 4.88. The van der Waals surface area contributed by atoms with Crippen molar-refractivity contribution in [2.45, 2.75) is 0 Å². The van der Waals surface area contributed by atoms with Crippen molar-refractivity contribution in [2.75, 3.05) is 23.1 Å². The molecule has 0 aliphatic heterocycles. The van der Waals surface area contributed by atoms with Crippen LogP contribution in [0.1, 0.15) is 20.7 Å². The van der Waals surface area contributed by atoms with Gasteiger partial charge in [-0.3, -0.25) is 9.78 Å². The minimum Gasteiger partial charge on any atom is -0.465 e. The van der Waals surface area contributed by atoms with Crippen molar-refractivity contribution in [3.8, 4) is 0 Å². The van der Waals surface area contributed by atoms with Crippen LogP contribution in [-0.4, -0.2) is 29.0 Å². The van der Waals surface area contributed by atoms with Crippen LogP contribution in [-0.2, 0) is 4.74 Å². The highest BCUT2D eigenvalue weighted by Gasteiger charge is 2.11. The molecule has 3 N–H and O–H groups in total. The smallest absolute Gasteiger partial charge is 0.337 e. The van der Waals surface area contributed by atoms with Crippen LogP contribution >= 0.6 is 0 Å². The summed E-state index contributed by atoms with van der Waals surface area (Å²) in [7, 11) is 1.34. The second-order valence-corrected chi connectivity index (χ2v) is 8.16. The molecule has 37 heavy (non-hydrogen) atoms. The van der Waals surface area contributed by atoms with Crippen LogP contribution < -0.4 is 16.0 Å². The number of esters is 1. The number of carbonyl (C=O) groups is 2. The fourth-order valence-electron chi connectivity index (χ4n) is 3.77. The van der Waals surface area contributed by atoms with E-state index in [1.165, 1.54) is 13.3 Å². The maximum absolute atomic E-state index is 12.7. The molecule has 3 aromatic carbocycles. The molecule has 0 saturated heterocycles. The minimum absolute atomic E-state index is 0.264. The van der Waals surface area contributed by atoms with Crippen molar-refractivity contribution in [1.82, 2.24) is 9.97 Å². The number of ether oxygens (including phenoxy) is 1. The van der Waals surface area contributed by atoms with E-state index in [0.29, 0.717) is 22.6 Å². The third kappa shape index (κ3) is 5.54. The van der Waals surface area contributed by atoms with Gasteiger partial charge in [-0.15, -0.1) is 0 Å². The summed E-state index contributed by atoms with van der Waals surface area (Å²) in [5, 5.41) is 10.2. The molecular weight excluding hydrogens is 466 g/mol. The summed E-state index contributed by atoms with van der Waals surface area (Å²) >= 11 is 0. The van der Waals surface area contributed by atoms with Gasteiger partial charge in [0.15, 0.2) is 0 Å². The van der Waals surface area contributed by atoms with Gasteiger partial charge in [0.1, 0.15) is 5.82 Å². The van der Waals surface area contributed by atoms with Crippen molar-refractivity contribution >= 4 is 51.3 Å². The number of amides is 1. The lowest BCUT2D eigenvalue weighted by molar-refractivity contribution is 0.0600. The van der Waals surface area contributed by atoms with Crippen molar-refractivity contribution in [3.63, 3.8) is 0 Å². The first-order valence-electron chi connectivity index (χ1n) is 11.5. The number of carbonyl (C=O) groups excluding carboxylic acids is 2. The first-order valence-corrected chi connectivity index (χ1v) is 11.5. The quantitative estimate of drug-likeness (QED) is 0.235. The second-order valence-electron chi connectivity index (χ2n) is 8.16. The van der Waals surface area contributed by atoms with Crippen LogP contribution in [0.15, 0.2) is 103 Å². The van der Waals surface area contributed by atoms with Gasteiger partial charge in [-0.25, -0.2) is 9.78 Å². The first-order chi connectivity index (χ1) is 18.1. The summed E-state index contributed by atoms with van der Waals surface area (Å²) in [6.45, 7) is 0. The zero-order valence-electron chi connectivity index (χ0n) is 19.9. The standard InChI is InChI=1S/C29H23N5O3/c1-37-29(36)19-7-13-25-24(17-19)26(15-16-30-25)34-27-14-8-20(18-31-27)28(35)33-23-11-9-22(10-12-23)32-21-5-3-2-4-6-21/h2-18,32H,1H3,(H,33,35)(H,30,31,34). The average Bonchev–Trinajstić information content (AvgIpc) is 2.94. The van der Waals surface area contributed by atoms with Gasteiger partial charge in [0.25, 0.3) is 5.91 Å². The molecule has 0 bridgehead atoms. The predicted octanol–water partition coefficient (Wildman–Crippen LogP) is 6.16. The highest BCUT2D eigenvalue weighted by Crippen LogP contribution is 2.26. The van der Waals surface area contributed by atoms with Gasteiger partial charge in [-0.1, -0.05) is 18.2 Å². The number of nitrogens with one attached hydrogen (secondary N) is 3. The number of benzene rings is 3. The number of fused-ring (bicyclic) bond motifs is 1. The molecule has 0 saturated carbocycles. The zero-order valence-corrected chi connectivity index (χ0v) is 19.9. The first kappa shape index (κ1) is 23.5. The third-order valence-electron chi connectivity index (χ3n) is 5.66. The lowest BCUT2D eigenvalue weighted by Gasteiger charge is -2.11. The molecule has 0 radical (unpaired) electrons. The van der Waals surface area contributed by atoms with Gasteiger partial charge in [0.2, 0.25) is 0 Å². The van der Waals surface area contributed by atoms with Gasteiger partial charge in [0, 0.05) is 34.8 Å². The van der Waals surface area contributed by atoms with E-state index in [1.807, 2.05) is 54.6 Å². The Balaban J connectivity index is 1.25. The van der Waals surface area contributed by atoms with Crippen LogP contribution in [0.3, 0.4) is 0 Å². The highest BCUT2D eigenvalue weighted by molar-refractivity contribution is 6.04. The summed E-state index contributed by atoms with van der Waals surface area (Å²) in [6, 6.07) is 27.7. The molecule has 182 valence electrons. The molecular formula is C29H23N5O3. The van der Waals surface area contributed by atoms with E-state index in [0.717, 1.165) is 28.0 Å². The van der Waals surface area contributed by atoms with Crippen molar-refractivity contribution in [1.29, 1.82) is 0 Å². The van der Waals surface area contributed by atoms with E-state index in [9.17, 15) is 9.59 Å². The van der Waals surface area contributed by atoms with Crippen LogP contribution in [0, 0.1) is 0 Å². The summed E-state index contributed by atoms with van der Waals surface area (Å²) in [6.07, 6.45) is 3.18. The molecule has 0 aliphatic carbocycles. The lowest BCUT2D eigenvalue weighted by Crippen LogP contribution is -2.12. The van der Waals surface area contributed by atoms with Crippen molar-refractivity contribution in [3.05, 3.63) is 115 Å². The van der Waals surface area contributed by atoms with Crippen molar-refractivity contribution in [2.24, 2.45) is 0 Å². The zero-order chi connectivity index (χ0) is 25.6. The van der Waals surface area contributed by atoms with E-state index in [1.54, 1.807) is 42.6 Å². The Morgan fingerprint density at radius 3 is 2.19 bits per heavy atom. The van der Waals surface area contributed by atoms with E-state index in [-0.39, 0.29) is 5.91 Å².